The van der Waals surface area contributed by atoms with Crippen LogP contribution in [0.25, 0.3) is 0 Å². The highest BCUT2D eigenvalue weighted by molar-refractivity contribution is 6.33. The number of hydrogen-bond donors (Lipinski definition) is 0. The van der Waals surface area contributed by atoms with Crippen molar-refractivity contribution in [1.82, 2.24) is 14.7 Å². The van der Waals surface area contributed by atoms with Gasteiger partial charge in [-0.2, -0.15) is 5.10 Å². The van der Waals surface area contributed by atoms with Crippen molar-refractivity contribution < 1.29 is 9.53 Å². The molecular formula is C12H18ClN3O2. The quantitative estimate of drug-likeness (QED) is 0.780. The van der Waals surface area contributed by atoms with Crippen LogP contribution in [-0.2, 0) is 11.8 Å². The van der Waals surface area contributed by atoms with Gasteiger partial charge in [0, 0.05) is 20.1 Å². The van der Waals surface area contributed by atoms with Crippen molar-refractivity contribution in [2.24, 2.45) is 7.05 Å². The summed E-state index contributed by atoms with van der Waals surface area (Å²) in [5.74, 6) is -0.0624. The number of halogens is 1. The third kappa shape index (κ3) is 2.37. The normalized spacial score (nSPS) is 24.4. The predicted octanol–water partition coefficient (Wildman–Crippen LogP) is 1.63. The molecule has 0 N–H and O–H groups in total. The first-order chi connectivity index (χ1) is 8.40. The van der Waals surface area contributed by atoms with Crippen LogP contribution < -0.4 is 0 Å². The van der Waals surface area contributed by atoms with E-state index in [1.54, 1.807) is 18.9 Å². The molecule has 100 valence electrons. The van der Waals surface area contributed by atoms with Crippen LogP contribution in [-0.4, -0.2) is 45.9 Å². The first kappa shape index (κ1) is 13.4. The number of aromatic nitrogens is 2. The molecule has 1 aromatic rings. The number of amides is 1. The van der Waals surface area contributed by atoms with Crippen LogP contribution in [0.5, 0.6) is 0 Å². The molecule has 0 aliphatic carbocycles. The lowest BCUT2D eigenvalue weighted by Crippen LogP contribution is -2.48. The van der Waals surface area contributed by atoms with Gasteiger partial charge >= 0.3 is 0 Å². The van der Waals surface area contributed by atoms with Gasteiger partial charge in [0.2, 0.25) is 0 Å². The standard InChI is InChI=1S/C12H18ClN3O2/c1-7-5-16(6-8(2)18-7)12(17)10-9(3)14-15(4)11(10)13/h7-8H,5-6H2,1-4H3/t7-,8+. The number of morpholine rings is 1. The summed E-state index contributed by atoms with van der Waals surface area (Å²) in [5, 5.41) is 4.56. The van der Waals surface area contributed by atoms with Crippen molar-refractivity contribution in [3.63, 3.8) is 0 Å². The van der Waals surface area contributed by atoms with E-state index in [-0.39, 0.29) is 18.1 Å². The third-order valence-corrected chi connectivity index (χ3v) is 3.51. The molecule has 2 atom stereocenters. The zero-order chi connectivity index (χ0) is 13.4. The van der Waals surface area contributed by atoms with Crippen molar-refractivity contribution in [2.75, 3.05) is 13.1 Å². The fraction of sp³-hybridized carbons (Fsp3) is 0.667. The van der Waals surface area contributed by atoms with Gasteiger partial charge in [0.05, 0.1) is 23.5 Å². The molecule has 2 rings (SSSR count). The van der Waals surface area contributed by atoms with E-state index in [0.717, 1.165) is 0 Å². The lowest BCUT2D eigenvalue weighted by Gasteiger charge is -2.35. The van der Waals surface area contributed by atoms with E-state index >= 15 is 0 Å². The lowest BCUT2D eigenvalue weighted by atomic mass is 10.1. The molecule has 0 spiro atoms. The summed E-state index contributed by atoms with van der Waals surface area (Å²) in [5.41, 5.74) is 1.17. The fourth-order valence-electron chi connectivity index (χ4n) is 2.37. The molecule has 1 fully saturated rings. The first-order valence-corrected chi connectivity index (χ1v) is 6.41. The third-order valence-electron chi connectivity index (χ3n) is 3.07. The Morgan fingerprint density at radius 1 is 1.39 bits per heavy atom. The minimum absolute atomic E-state index is 0.0495. The molecule has 0 saturated carbocycles. The molecular weight excluding hydrogens is 254 g/mol. The van der Waals surface area contributed by atoms with Gasteiger partial charge in [0.15, 0.2) is 0 Å². The molecule has 2 heterocycles. The number of aryl methyl sites for hydroxylation is 2. The highest BCUT2D eigenvalue weighted by Gasteiger charge is 2.30. The number of carbonyl (C=O) groups excluding carboxylic acids is 1. The summed E-state index contributed by atoms with van der Waals surface area (Å²) in [6.45, 7) is 6.91. The van der Waals surface area contributed by atoms with Crippen LogP contribution >= 0.6 is 11.6 Å². The molecule has 0 bridgehead atoms. The maximum Gasteiger partial charge on any atom is 0.259 e. The zero-order valence-corrected chi connectivity index (χ0v) is 11.9. The predicted molar refractivity (Wildman–Crippen MR) is 68.9 cm³/mol. The number of rotatable bonds is 1. The van der Waals surface area contributed by atoms with Gasteiger partial charge in [-0.05, 0) is 20.8 Å². The van der Waals surface area contributed by atoms with Gasteiger partial charge in [0.25, 0.3) is 5.91 Å². The zero-order valence-electron chi connectivity index (χ0n) is 11.1. The molecule has 1 aliphatic rings. The van der Waals surface area contributed by atoms with Gasteiger partial charge in [-0.1, -0.05) is 11.6 Å². The van der Waals surface area contributed by atoms with Crippen LogP contribution in [0.4, 0.5) is 0 Å². The number of carbonyl (C=O) groups is 1. The van der Waals surface area contributed by atoms with E-state index in [0.29, 0.717) is 29.5 Å². The fourth-order valence-corrected chi connectivity index (χ4v) is 2.63. The van der Waals surface area contributed by atoms with E-state index in [9.17, 15) is 4.79 Å². The molecule has 1 aromatic heterocycles. The van der Waals surface area contributed by atoms with E-state index in [4.69, 9.17) is 16.3 Å². The van der Waals surface area contributed by atoms with Gasteiger partial charge in [-0.15, -0.1) is 0 Å². The van der Waals surface area contributed by atoms with Crippen LogP contribution in [0.1, 0.15) is 29.9 Å². The van der Waals surface area contributed by atoms with Gasteiger partial charge < -0.3 is 9.64 Å². The first-order valence-electron chi connectivity index (χ1n) is 6.04. The summed E-state index contributed by atoms with van der Waals surface area (Å²) < 4.78 is 7.15. The smallest absolute Gasteiger partial charge is 0.259 e. The van der Waals surface area contributed by atoms with E-state index < -0.39 is 0 Å². The molecule has 0 radical (unpaired) electrons. The highest BCUT2D eigenvalue weighted by Crippen LogP contribution is 2.22. The topological polar surface area (TPSA) is 47.4 Å². The molecule has 1 amide bonds. The average Bonchev–Trinajstić information content (AvgIpc) is 2.51. The second-order valence-corrected chi connectivity index (χ2v) is 5.20. The van der Waals surface area contributed by atoms with Crippen molar-refractivity contribution in [3.8, 4) is 0 Å². The Balaban J connectivity index is 2.25. The summed E-state index contributed by atoms with van der Waals surface area (Å²) in [6.07, 6.45) is 0.0990. The van der Waals surface area contributed by atoms with Crippen LogP contribution in [0.15, 0.2) is 0 Å². The summed E-state index contributed by atoms with van der Waals surface area (Å²) in [4.78, 5) is 14.3. The average molecular weight is 272 g/mol. The number of hydrogen-bond acceptors (Lipinski definition) is 3. The molecule has 6 heteroatoms. The maximum absolute atomic E-state index is 12.5. The van der Waals surface area contributed by atoms with Crippen molar-refractivity contribution in [1.29, 1.82) is 0 Å². The number of nitrogens with zero attached hydrogens (tertiary/aromatic N) is 3. The minimum atomic E-state index is -0.0624. The van der Waals surface area contributed by atoms with Crippen molar-refractivity contribution >= 4 is 17.5 Å². The summed E-state index contributed by atoms with van der Waals surface area (Å²) >= 11 is 6.12. The Kier molecular flexibility index (Phi) is 3.64. The van der Waals surface area contributed by atoms with E-state index in [1.165, 1.54) is 4.68 Å². The minimum Gasteiger partial charge on any atom is -0.372 e. The molecule has 1 saturated heterocycles. The molecule has 0 unspecified atom stereocenters. The number of ether oxygens (including phenoxy) is 1. The Hall–Kier alpha value is -1.07. The Morgan fingerprint density at radius 2 is 1.94 bits per heavy atom. The summed E-state index contributed by atoms with van der Waals surface area (Å²) in [7, 11) is 1.73. The lowest BCUT2D eigenvalue weighted by molar-refractivity contribution is -0.0586. The van der Waals surface area contributed by atoms with Gasteiger partial charge in [0.1, 0.15) is 5.15 Å². The molecule has 18 heavy (non-hydrogen) atoms. The second-order valence-electron chi connectivity index (χ2n) is 4.84. The molecule has 1 aliphatic heterocycles. The van der Waals surface area contributed by atoms with Gasteiger partial charge in [-0.25, -0.2) is 0 Å². The van der Waals surface area contributed by atoms with Crippen LogP contribution in [0.3, 0.4) is 0 Å². The highest BCUT2D eigenvalue weighted by atomic mass is 35.5. The molecule has 0 aromatic carbocycles. The van der Waals surface area contributed by atoms with Crippen molar-refractivity contribution in [3.05, 3.63) is 16.4 Å². The largest absolute Gasteiger partial charge is 0.372 e. The molecule has 5 nitrogen and oxygen atoms in total. The van der Waals surface area contributed by atoms with Crippen molar-refractivity contribution in [2.45, 2.75) is 33.0 Å². The van der Waals surface area contributed by atoms with E-state index in [2.05, 4.69) is 5.10 Å². The monoisotopic (exact) mass is 271 g/mol. The SMILES string of the molecule is Cc1nn(C)c(Cl)c1C(=O)N1C[C@@H](C)O[C@@H](C)C1. The Bertz CT molecular complexity index is 462. The Labute approximate surface area is 112 Å². The van der Waals surface area contributed by atoms with E-state index in [1.807, 2.05) is 13.8 Å². The van der Waals surface area contributed by atoms with Crippen LogP contribution in [0.2, 0.25) is 5.15 Å². The maximum atomic E-state index is 12.5. The Morgan fingerprint density at radius 3 is 2.39 bits per heavy atom. The second kappa shape index (κ2) is 4.90. The van der Waals surface area contributed by atoms with Gasteiger partial charge in [-0.3, -0.25) is 9.48 Å². The summed E-state index contributed by atoms with van der Waals surface area (Å²) in [6, 6.07) is 0. The van der Waals surface area contributed by atoms with Crippen LogP contribution in [0, 0.1) is 6.92 Å².